The smallest absolute Gasteiger partial charge is 0.338 e. The van der Waals surface area contributed by atoms with Crippen LogP contribution in [0, 0.1) is 6.92 Å². The molecule has 128 valence electrons. The third-order valence-corrected chi connectivity index (χ3v) is 3.61. The Hall–Kier alpha value is -2.67. The number of hydrogen-bond acceptors (Lipinski definition) is 6. The molecule has 7 heteroatoms. The standard InChI is InChI=1S/C17H18O7/c1-3-15(18)22-7-6-12-10(2)13(16(19)20)4-5-14(12)17(21)24-9-11-8-23-11/h3-5,11H,1,6-9H2,2H3,(H,19,20). The van der Waals surface area contributed by atoms with Gasteiger partial charge in [-0.05, 0) is 30.2 Å². The van der Waals surface area contributed by atoms with Crippen LogP contribution in [0.5, 0.6) is 0 Å². The minimum atomic E-state index is -1.09. The minimum absolute atomic E-state index is 0.000776. The van der Waals surface area contributed by atoms with Crippen molar-refractivity contribution < 1.29 is 33.7 Å². The number of hydrogen-bond donors (Lipinski definition) is 1. The summed E-state index contributed by atoms with van der Waals surface area (Å²) in [5.41, 5.74) is 1.26. The van der Waals surface area contributed by atoms with Crippen LogP contribution in [-0.4, -0.2) is 48.9 Å². The summed E-state index contributed by atoms with van der Waals surface area (Å²) < 4.78 is 15.1. The fourth-order valence-electron chi connectivity index (χ4n) is 2.23. The number of rotatable bonds is 8. The molecule has 1 fully saturated rings. The second kappa shape index (κ2) is 7.74. The van der Waals surface area contributed by atoms with Gasteiger partial charge in [0.2, 0.25) is 0 Å². The van der Waals surface area contributed by atoms with Gasteiger partial charge in [0.1, 0.15) is 12.7 Å². The average molecular weight is 334 g/mol. The number of carboxylic acid groups (broad SMARTS) is 1. The maximum atomic E-state index is 12.2. The van der Waals surface area contributed by atoms with Gasteiger partial charge in [0.25, 0.3) is 0 Å². The summed E-state index contributed by atoms with van der Waals surface area (Å²) in [4.78, 5) is 34.6. The van der Waals surface area contributed by atoms with Crippen LogP contribution in [0.15, 0.2) is 24.8 Å². The van der Waals surface area contributed by atoms with Crippen LogP contribution in [0.25, 0.3) is 0 Å². The Kier molecular flexibility index (Phi) is 5.70. The largest absolute Gasteiger partial charge is 0.478 e. The summed E-state index contributed by atoms with van der Waals surface area (Å²) >= 11 is 0. The lowest BCUT2D eigenvalue weighted by Crippen LogP contribution is -2.16. The molecule has 1 N–H and O–H groups in total. The highest BCUT2D eigenvalue weighted by Gasteiger charge is 2.26. The highest BCUT2D eigenvalue weighted by molar-refractivity contribution is 5.95. The van der Waals surface area contributed by atoms with E-state index in [4.69, 9.17) is 14.2 Å². The molecule has 2 rings (SSSR count). The number of aromatic carboxylic acids is 1. The zero-order valence-electron chi connectivity index (χ0n) is 13.2. The molecule has 1 saturated heterocycles. The zero-order valence-corrected chi connectivity index (χ0v) is 13.2. The molecule has 1 heterocycles. The Bertz CT molecular complexity index is 674. The maximum Gasteiger partial charge on any atom is 0.338 e. The van der Waals surface area contributed by atoms with E-state index < -0.39 is 17.9 Å². The first kappa shape index (κ1) is 17.7. The Morgan fingerprint density at radius 1 is 1.33 bits per heavy atom. The van der Waals surface area contributed by atoms with E-state index in [1.165, 1.54) is 12.1 Å². The van der Waals surface area contributed by atoms with Crippen LogP contribution in [0.3, 0.4) is 0 Å². The molecule has 0 bridgehead atoms. The summed E-state index contributed by atoms with van der Waals surface area (Å²) in [5.74, 6) is -2.24. The van der Waals surface area contributed by atoms with Crippen molar-refractivity contribution in [2.75, 3.05) is 19.8 Å². The molecule has 1 aromatic rings. The molecule has 0 amide bonds. The van der Waals surface area contributed by atoms with E-state index in [1.54, 1.807) is 6.92 Å². The molecule has 1 aliphatic rings. The first-order valence-corrected chi connectivity index (χ1v) is 7.37. The molecule has 1 aliphatic heterocycles. The number of carbonyl (C=O) groups is 3. The summed E-state index contributed by atoms with van der Waals surface area (Å²) in [5, 5.41) is 9.22. The lowest BCUT2D eigenvalue weighted by atomic mass is 9.95. The van der Waals surface area contributed by atoms with Crippen molar-refractivity contribution in [3.63, 3.8) is 0 Å². The quantitative estimate of drug-likeness (QED) is 0.437. The summed E-state index contributed by atoms with van der Waals surface area (Å²) in [6.07, 6.45) is 1.16. The SMILES string of the molecule is C=CC(=O)OCCc1c(C(=O)OCC2CO2)ccc(C(=O)O)c1C. The molecular formula is C17H18O7. The molecule has 0 radical (unpaired) electrons. The summed E-state index contributed by atoms with van der Waals surface area (Å²) in [6, 6.07) is 2.78. The molecule has 7 nitrogen and oxygen atoms in total. The van der Waals surface area contributed by atoms with Gasteiger partial charge < -0.3 is 19.3 Å². The van der Waals surface area contributed by atoms with Crippen LogP contribution >= 0.6 is 0 Å². The highest BCUT2D eigenvalue weighted by atomic mass is 16.6. The summed E-state index contributed by atoms with van der Waals surface area (Å²) in [6.45, 7) is 5.62. The van der Waals surface area contributed by atoms with Crippen molar-refractivity contribution in [1.82, 2.24) is 0 Å². The molecule has 0 aliphatic carbocycles. The molecule has 0 aromatic heterocycles. The Morgan fingerprint density at radius 2 is 2.00 bits per heavy atom. The number of carbonyl (C=O) groups excluding carboxylic acids is 2. The van der Waals surface area contributed by atoms with Gasteiger partial charge in [0.15, 0.2) is 0 Å². The average Bonchev–Trinajstić information content (AvgIpc) is 3.37. The van der Waals surface area contributed by atoms with Crippen molar-refractivity contribution in [1.29, 1.82) is 0 Å². The number of esters is 2. The Morgan fingerprint density at radius 3 is 2.58 bits per heavy atom. The monoisotopic (exact) mass is 334 g/mol. The predicted octanol–water partition coefficient (Wildman–Crippen LogP) is 1.52. The third-order valence-electron chi connectivity index (χ3n) is 3.61. The van der Waals surface area contributed by atoms with Gasteiger partial charge in [-0.1, -0.05) is 6.58 Å². The Balaban J connectivity index is 2.21. The second-order valence-corrected chi connectivity index (χ2v) is 5.24. The first-order valence-electron chi connectivity index (χ1n) is 7.37. The molecule has 0 saturated carbocycles. The predicted molar refractivity (Wildman–Crippen MR) is 83.0 cm³/mol. The number of carboxylic acids is 1. The molecular weight excluding hydrogens is 316 g/mol. The van der Waals surface area contributed by atoms with Gasteiger partial charge in [0, 0.05) is 12.5 Å². The van der Waals surface area contributed by atoms with Gasteiger partial charge in [-0.3, -0.25) is 0 Å². The molecule has 1 aromatic carbocycles. The highest BCUT2D eigenvalue weighted by Crippen LogP contribution is 2.21. The normalized spacial score (nSPS) is 15.5. The van der Waals surface area contributed by atoms with Crippen LogP contribution in [-0.2, 0) is 25.4 Å². The zero-order chi connectivity index (χ0) is 17.7. The third kappa shape index (κ3) is 4.42. The molecule has 0 spiro atoms. The lowest BCUT2D eigenvalue weighted by molar-refractivity contribution is -0.137. The van der Waals surface area contributed by atoms with Gasteiger partial charge >= 0.3 is 17.9 Å². The molecule has 1 unspecified atom stereocenters. The molecule has 24 heavy (non-hydrogen) atoms. The molecule has 1 atom stereocenters. The fourth-order valence-corrected chi connectivity index (χ4v) is 2.23. The Labute approximate surface area is 138 Å². The van der Waals surface area contributed by atoms with Gasteiger partial charge in [-0.25, -0.2) is 14.4 Å². The van der Waals surface area contributed by atoms with E-state index in [-0.39, 0.29) is 36.9 Å². The first-order chi connectivity index (χ1) is 11.4. The minimum Gasteiger partial charge on any atom is -0.478 e. The fraction of sp³-hybridized carbons (Fsp3) is 0.353. The number of ether oxygens (including phenoxy) is 3. The van der Waals surface area contributed by atoms with Crippen molar-refractivity contribution >= 4 is 17.9 Å². The van der Waals surface area contributed by atoms with Gasteiger partial charge in [0.05, 0.1) is 24.3 Å². The van der Waals surface area contributed by atoms with Crippen molar-refractivity contribution in [3.05, 3.63) is 47.0 Å². The van der Waals surface area contributed by atoms with Crippen LogP contribution in [0.2, 0.25) is 0 Å². The summed E-state index contributed by atoms with van der Waals surface area (Å²) in [7, 11) is 0. The van der Waals surface area contributed by atoms with Crippen molar-refractivity contribution in [3.8, 4) is 0 Å². The van der Waals surface area contributed by atoms with E-state index in [0.29, 0.717) is 17.7 Å². The van der Waals surface area contributed by atoms with Gasteiger partial charge in [-0.15, -0.1) is 0 Å². The van der Waals surface area contributed by atoms with E-state index in [1.807, 2.05) is 0 Å². The van der Waals surface area contributed by atoms with E-state index >= 15 is 0 Å². The lowest BCUT2D eigenvalue weighted by Gasteiger charge is -2.14. The maximum absolute atomic E-state index is 12.2. The van der Waals surface area contributed by atoms with E-state index in [2.05, 4.69) is 6.58 Å². The number of epoxide rings is 1. The van der Waals surface area contributed by atoms with Crippen LogP contribution in [0.4, 0.5) is 0 Å². The van der Waals surface area contributed by atoms with Crippen molar-refractivity contribution in [2.45, 2.75) is 19.4 Å². The number of benzene rings is 1. The van der Waals surface area contributed by atoms with Crippen LogP contribution in [0.1, 0.15) is 31.8 Å². The van der Waals surface area contributed by atoms with E-state index in [9.17, 15) is 19.5 Å². The van der Waals surface area contributed by atoms with Gasteiger partial charge in [-0.2, -0.15) is 0 Å². The topological polar surface area (TPSA) is 102 Å². The van der Waals surface area contributed by atoms with Crippen LogP contribution < -0.4 is 0 Å². The van der Waals surface area contributed by atoms with E-state index in [0.717, 1.165) is 6.08 Å². The second-order valence-electron chi connectivity index (χ2n) is 5.24. The van der Waals surface area contributed by atoms with Crippen molar-refractivity contribution in [2.24, 2.45) is 0 Å².